The predicted octanol–water partition coefficient (Wildman–Crippen LogP) is 4.26. The molecule has 3 heteroatoms. The van der Waals surface area contributed by atoms with Gasteiger partial charge in [0.15, 0.2) is 0 Å². The zero-order chi connectivity index (χ0) is 14.1. The van der Waals surface area contributed by atoms with Gasteiger partial charge in [0.05, 0.1) is 0 Å². The summed E-state index contributed by atoms with van der Waals surface area (Å²) in [5, 5.41) is 2.99. The Morgan fingerprint density at radius 3 is 1.95 bits per heavy atom. The fraction of sp³-hybridized carbons (Fsp3) is 0.938. The third-order valence-electron chi connectivity index (χ3n) is 5.31. The number of hydrogen-bond donors (Lipinski definition) is 1. The number of carbonyl (C=O) groups is 1. The minimum absolute atomic E-state index is 0.264. The maximum absolute atomic E-state index is 11.8. The van der Waals surface area contributed by atoms with E-state index in [2.05, 4.69) is 12.2 Å². The van der Waals surface area contributed by atoms with E-state index < -0.39 is 5.60 Å². The molecule has 0 aliphatic heterocycles. The number of fused-ring (bicyclic) bond motifs is 3. The van der Waals surface area contributed by atoms with Crippen LogP contribution < -0.4 is 5.32 Å². The average molecular weight is 267 g/mol. The molecule has 0 radical (unpaired) electrons. The number of alkyl carbamates (subject to hydrolysis) is 1. The van der Waals surface area contributed by atoms with Crippen LogP contribution in [0.15, 0.2) is 0 Å². The van der Waals surface area contributed by atoms with Crippen LogP contribution in [0.4, 0.5) is 4.79 Å². The van der Waals surface area contributed by atoms with Crippen LogP contribution >= 0.6 is 0 Å². The van der Waals surface area contributed by atoms with Crippen LogP contribution in [0.2, 0.25) is 0 Å². The largest absolute Gasteiger partial charge is 0.444 e. The molecule has 0 spiro atoms. The lowest BCUT2D eigenvalue weighted by atomic mass is 9.53. The molecule has 0 heterocycles. The summed E-state index contributed by atoms with van der Waals surface area (Å²) in [7, 11) is 0. The minimum atomic E-state index is -0.405. The first kappa shape index (κ1) is 14.7. The van der Waals surface area contributed by atoms with Crippen molar-refractivity contribution in [3.05, 3.63) is 0 Å². The molecule has 0 unspecified atom stereocenters. The van der Waals surface area contributed by atoms with Crippen molar-refractivity contribution in [2.75, 3.05) is 6.54 Å². The highest BCUT2D eigenvalue weighted by Gasteiger charge is 2.47. The van der Waals surface area contributed by atoms with Crippen LogP contribution in [0.25, 0.3) is 0 Å². The molecular weight excluding hydrogens is 238 g/mol. The van der Waals surface area contributed by atoms with E-state index in [1.54, 1.807) is 0 Å². The van der Waals surface area contributed by atoms with Crippen molar-refractivity contribution in [3.8, 4) is 0 Å². The van der Waals surface area contributed by atoms with E-state index in [0.717, 1.165) is 6.54 Å². The number of hydrogen-bond acceptors (Lipinski definition) is 2. The van der Waals surface area contributed by atoms with Crippen molar-refractivity contribution >= 4 is 6.09 Å². The molecule has 3 nitrogen and oxygen atoms in total. The Kier molecular flexibility index (Phi) is 3.85. The number of nitrogens with one attached hydrogen (secondary N) is 1. The first-order valence-electron chi connectivity index (χ1n) is 7.75. The van der Waals surface area contributed by atoms with E-state index in [-0.39, 0.29) is 6.09 Å². The molecule has 0 aromatic rings. The Morgan fingerprint density at radius 1 is 1.05 bits per heavy atom. The average Bonchev–Trinajstić information content (AvgIpc) is 2.37. The van der Waals surface area contributed by atoms with E-state index in [0.29, 0.717) is 10.8 Å². The van der Waals surface area contributed by atoms with Gasteiger partial charge in [0.2, 0.25) is 0 Å². The number of carbonyl (C=O) groups excluding carboxylic acids is 1. The van der Waals surface area contributed by atoms with Crippen LogP contribution in [-0.4, -0.2) is 18.2 Å². The van der Waals surface area contributed by atoms with Gasteiger partial charge in [-0.1, -0.05) is 13.3 Å². The second kappa shape index (κ2) is 4.99. The van der Waals surface area contributed by atoms with E-state index in [9.17, 15) is 4.79 Å². The quantitative estimate of drug-likeness (QED) is 0.829. The summed E-state index contributed by atoms with van der Waals surface area (Å²) in [5.41, 5.74) is 0.583. The molecule has 1 amide bonds. The van der Waals surface area contributed by atoms with Crippen molar-refractivity contribution in [1.29, 1.82) is 0 Å². The molecule has 3 rings (SSSR count). The lowest BCUT2D eigenvalue weighted by molar-refractivity contribution is -0.0131. The van der Waals surface area contributed by atoms with E-state index >= 15 is 0 Å². The molecule has 0 saturated heterocycles. The van der Waals surface area contributed by atoms with Gasteiger partial charge in [-0.05, 0) is 70.1 Å². The SMILES string of the molecule is CCC12CCC(CNC(=O)OC(C)(C)C)(CC1)CC2. The first-order valence-corrected chi connectivity index (χ1v) is 7.75. The number of ether oxygens (including phenoxy) is 1. The topological polar surface area (TPSA) is 38.3 Å². The normalized spacial score (nSPS) is 34.1. The predicted molar refractivity (Wildman–Crippen MR) is 77.1 cm³/mol. The van der Waals surface area contributed by atoms with Gasteiger partial charge in [0.1, 0.15) is 5.60 Å². The molecule has 0 aromatic heterocycles. The lowest BCUT2D eigenvalue weighted by Gasteiger charge is -2.53. The van der Waals surface area contributed by atoms with Gasteiger partial charge in [0.25, 0.3) is 0 Å². The standard InChI is InChI=1S/C16H29NO2/c1-5-15-6-9-16(10-7-15,11-8-15)12-17-13(18)19-14(2,3)4/h5-12H2,1-4H3,(H,17,18). The Labute approximate surface area is 117 Å². The molecule has 0 aromatic carbocycles. The Bertz CT molecular complexity index is 319. The minimum Gasteiger partial charge on any atom is -0.444 e. The molecule has 1 N–H and O–H groups in total. The molecule has 0 atom stereocenters. The van der Waals surface area contributed by atoms with Crippen molar-refractivity contribution in [3.63, 3.8) is 0 Å². The molecule has 2 bridgehead atoms. The van der Waals surface area contributed by atoms with Gasteiger partial charge in [-0.3, -0.25) is 0 Å². The summed E-state index contributed by atoms with van der Waals surface area (Å²) in [4.78, 5) is 11.8. The van der Waals surface area contributed by atoms with Crippen molar-refractivity contribution in [2.24, 2.45) is 10.8 Å². The van der Waals surface area contributed by atoms with Gasteiger partial charge in [-0.15, -0.1) is 0 Å². The van der Waals surface area contributed by atoms with Crippen molar-refractivity contribution < 1.29 is 9.53 Å². The summed E-state index contributed by atoms with van der Waals surface area (Å²) >= 11 is 0. The summed E-state index contributed by atoms with van der Waals surface area (Å²) in [6, 6.07) is 0. The maximum atomic E-state index is 11.8. The Balaban J connectivity index is 1.83. The molecule has 3 aliphatic carbocycles. The Morgan fingerprint density at radius 2 is 1.53 bits per heavy atom. The van der Waals surface area contributed by atoms with Crippen LogP contribution in [0, 0.1) is 10.8 Å². The highest BCUT2D eigenvalue weighted by molar-refractivity contribution is 5.67. The molecule has 110 valence electrons. The fourth-order valence-corrected chi connectivity index (χ4v) is 3.71. The van der Waals surface area contributed by atoms with Gasteiger partial charge >= 0.3 is 6.09 Å². The summed E-state index contributed by atoms with van der Waals surface area (Å²) in [5.74, 6) is 0. The molecule has 19 heavy (non-hydrogen) atoms. The zero-order valence-electron chi connectivity index (χ0n) is 13.0. The summed E-state index contributed by atoms with van der Waals surface area (Å²) in [6.45, 7) is 8.84. The van der Waals surface area contributed by atoms with Crippen LogP contribution in [0.5, 0.6) is 0 Å². The summed E-state index contributed by atoms with van der Waals surface area (Å²) in [6.07, 6.45) is 8.92. The second-order valence-electron chi connectivity index (χ2n) is 7.71. The smallest absolute Gasteiger partial charge is 0.407 e. The van der Waals surface area contributed by atoms with Crippen molar-refractivity contribution in [2.45, 2.75) is 78.2 Å². The van der Waals surface area contributed by atoms with Crippen molar-refractivity contribution in [1.82, 2.24) is 5.32 Å². The molecule has 3 saturated carbocycles. The zero-order valence-corrected chi connectivity index (χ0v) is 13.0. The number of rotatable bonds is 3. The molecule has 3 fully saturated rings. The maximum Gasteiger partial charge on any atom is 0.407 e. The molecule has 3 aliphatic rings. The summed E-state index contributed by atoms with van der Waals surface area (Å²) < 4.78 is 5.32. The van der Waals surface area contributed by atoms with Gasteiger partial charge in [-0.2, -0.15) is 0 Å². The van der Waals surface area contributed by atoms with Crippen LogP contribution in [-0.2, 0) is 4.74 Å². The van der Waals surface area contributed by atoms with E-state index in [4.69, 9.17) is 4.74 Å². The van der Waals surface area contributed by atoms with Gasteiger partial charge in [-0.25, -0.2) is 4.79 Å². The van der Waals surface area contributed by atoms with E-state index in [1.807, 2.05) is 20.8 Å². The third kappa shape index (κ3) is 3.43. The highest BCUT2D eigenvalue weighted by atomic mass is 16.6. The van der Waals surface area contributed by atoms with Gasteiger partial charge < -0.3 is 10.1 Å². The third-order valence-corrected chi connectivity index (χ3v) is 5.31. The monoisotopic (exact) mass is 267 g/mol. The first-order chi connectivity index (χ1) is 8.78. The highest BCUT2D eigenvalue weighted by Crippen LogP contribution is 2.57. The Hall–Kier alpha value is -0.730. The lowest BCUT2D eigenvalue weighted by Crippen LogP contribution is -2.48. The van der Waals surface area contributed by atoms with Crippen LogP contribution in [0.1, 0.15) is 72.6 Å². The number of amides is 1. The second-order valence-corrected chi connectivity index (χ2v) is 7.71. The van der Waals surface area contributed by atoms with Crippen LogP contribution in [0.3, 0.4) is 0 Å². The fourth-order valence-electron chi connectivity index (χ4n) is 3.71. The van der Waals surface area contributed by atoms with Gasteiger partial charge in [0, 0.05) is 6.54 Å². The van der Waals surface area contributed by atoms with E-state index in [1.165, 1.54) is 44.9 Å². The molecular formula is C16H29NO2.